The van der Waals surface area contributed by atoms with Crippen LogP contribution in [0.3, 0.4) is 0 Å². The van der Waals surface area contributed by atoms with Gasteiger partial charge in [-0.3, -0.25) is 4.68 Å². The lowest BCUT2D eigenvalue weighted by molar-refractivity contribution is 0.0899. The van der Waals surface area contributed by atoms with Crippen LogP contribution in [0.2, 0.25) is 25.7 Å². The van der Waals surface area contributed by atoms with Crippen LogP contribution in [-0.4, -0.2) is 57.1 Å². The van der Waals surface area contributed by atoms with Crippen molar-refractivity contribution in [3.05, 3.63) is 61.1 Å². The van der Waals surface area contributed by atoms with Gasteiger partial charge in [-0.2, -0.15) is 10.4 Å². The van der Waals surface area contributed by atoms with Gasteiger partial charge in [0.25, 0.3) is 0 Å². The van der Waals surface area contributed by atoms with E-state index < -0.39 is 13.6 Å². The molecule has 5 heterocycles. The fraction of sp³-hybridized carbons (Fsp3) is 0.414. The first-order valence-electron chi connectivity index (χ1n) is 13.8. The van der Waals surface area contributed by atoms with Crippen molar-refractivity contribution < 1.29 is 9.15 Å². The van der Waals surface area contributed by atoms with E-state index in [0.29, 0.717) is 18.2 Å². The van der Waals surface area contributed by atoms with Gasteiger partial charge in [-0.05, 0) is 37.2 Å². The van der Waals surface area contributed by atoms with Gasteiger partial charge in [-0.25, -0.2) is 15.0 Å². The van der Waals surface area contributed by atoms with Gasteiger partial charge in [-0.15, -0.1) is 0 Å². The van der Waals surface area contributed by atoms with E-state index in [4.69, 9.17) is 19.2 Å². The normalized spacial score (nSPS) is 17.4. The van der Waals surface area contributed by atoms with Gasteiger partial charge < -0.3 is 19.0 Å². The molecule has 206 valence electrons. The van der Waals surface area contributed by atoms with Crippen LogP contribution < -0.4 is 5.32 Å². The number of oxazole rings is 1. The van der Waals surface area contributed by atoms with E-state index in [1.165, 1.54) is 0 Å². The first-order chi connectivity index (χ1) is 19.4. The molecular formula is C29H34N8O2Si. The van der Waals surface area contributed by atoms with E-state index in [9.17, 15) is 5.26 Å². The second kappa shape index (κ2) is 10.6. The van der Waals surface area contributed by atoms with Crippen LogP contribution in [0.4, 0.5) is 0 Å². The standard InChI is InChI=1S/C29H34N8O2Si/c1-40(2,3)15-14-38-20-36-13-9-23-26(32-19-33-27(23)36)21-16-34-37(18-21)29(10-11-30,22-8-12-31-17-22)28-35-24-6-4-5-7-25(24)39-28/h4-7,9,13,16,18-19,22,31H,8,10,12,14-15,17,20H2,1-3H3. The Bertz CT molecular complexity index is 1640. The number of benzene rings is 1. The fourth-order valence-corrected chi connectivity index (χ4v) is 6.30. The van der Waals surface area contributed by atoms with Gasteiger partial charge in [0, 0.05) is 50.5 Å². The van der Waals surface area contributed by atoms with Crippen LogP contribution in [0.5, 0.6) is 0 Å². The number of aromatic nitrogens is 6. The number of para-hydroxylation sites is 2. The average Bonchev–Trinajstić information content (AvgIpc) is 3.75. The SMILES string of the molecule is C[Si](C)(C)CCOCn1ccc2c(-c3cnn(C(CC#N)(c4nc5ccccc5o4)C4CCNC4)c3)ncnc21. The fourth-order valence-electron chi connectivity index (χ4n) is 5.54. The number of nitrogens with zero attached hydrogens (tertiary/aromatic N) is 7. The second-order valence-corrected chi connectivity index (χ2v) is 17.3. The Hall–Kier alpha value is -3.85. The summed E-state index contributed by atoms with van der Waals surface area (Å²) in [6.07, 6.45) is 8.41. The first kappa shape index (κ1) is 26.4. The average molecular weight is 555 g/mol. The van der Waals surface area contributed by atoms with Crippen molar-refractivity contribution in [2.24, 2.45) is 5.92 Å². The van der Waals surface area contributed by atoms with Crippen LogP contribution >= 0.6 is 0 Å². The van der Waals surface area contributed by atoms with E-state index in [0.717, 1.165) is 60.0 Å². The van der Waals surface area contributed by atoms with Crippen molar-refractivity contribution >= 4 is 30.2 Å². The maximum Gasteiger partial charge on any atom is 0.224 e. The summed E-state index contributed by atoms with van der Waals surface area (Å²) in [6.45, 7) is 9.84. The molecule has 1 N–H and O–H groups in total. The van der Waals surface area contributed by atoms with Gasteiger partial charge >= 0.3 is 0 Å². The second-order valence-electron chi connectivity index (χ2n) is 11.7. The molecule has 0 radical (unpaired) electrons. The number of ether oxygens (including phenoxy) is 1. The van der Waals surface area contributed by atoms with E-state index in [-0.39, 0.29) is 12.3 Å². The van der Waals surface area contributed by atoms with Crippen molar-refractivity contribution in [3.63, 3.8) is 0 Å². The highest BCUT2D eigenvalue weighted by molar-refractivity contribution is 6.76. The van der Waals surface area contributed by atoms with Gasteiger partial charge in [0.15, 0.2) is 11.1 Å². The maximum atomic E-state index is 10.0. The summed E-state index contributed by atoms with van der Waals surface area (Å²) in [5.74, 6) is 0.584. The lowest BCUT2D eigenvalue weighted by atomic mass is 9.80. The summed E-state index contributed by atoms with van der Waals surface area (Å²) in [5, 5.41) is 19.2. The molecule has 0 aliphatic carbocycles. The van der Waals surface area contributed by atoms with Crippen molar-refractivity contribution in [2.45, 2.75) is 50.8 Å². The molecule has 6 rings (SSSR count). The summed E-state index contributed by atoms with van der Waals surface area (Å²) >= 11 is 0. The molecule has 4 aromatic heterocycles. The zero-order chi connectivity index (χ0) is 27.7. The molecule has 40 heavy (non-hydrogen) atoms. The van der Waals surface area contributed by atoms with Crippen molar-refractivity contribution in [1.82, 2.24) is 34.6 Å². The first-order valence-corrected chi connectivity index (χ1v) is 17.5. The van der Waals surface area contributed by atoms with Gasteiger partial charge in [0.1, 0.15) is 24.2 Å². The number of nitriles is 1. The molecule has 0 saturated carbocycles. The molecule has 1 saturated heterocycles. The van der Waals surface area contributed by atoms with Gasteiger partial charge in [0.05, 0.1) is 24.4 Å². The summed E-state index contributed by atoms with van der Waals surface area (Å²) in [7, 11) is -1.15. The number of fused-ring (bicyclic) bond motifs is 2. The number of rotatable bonds is 10. The Morgan fingerprint density at radius 1 is 1.23 bits per heavy atom. The minimum atomic E-state index is -1.15. The highest BCUT2D eigenvalue weighted by Gasteiger charge is 2.48. The van der Waals surface area contributed by atoms with E-state index in [2.05, 4.69) is 41.0 Å². The summed E-state index contributed by atoms with van der Waals surface area (Å²) in [4.78, 5) is 14.1. The molecule has 0 bridgehead atoms. The summed E-state index contributed by atoms with van der Waals surface area (Å²) in [5.41, 5.74) is 3.04. The van der Waals surface area contributed by atoms with Crippen LogP contribution in [0.25, 0.3) is 33.4 Å². The molecule has 5 aromatic rings. The smallest absolute Gasteiger partial charge is 0.224 e. The zero-order valence-electron chi connectivity index (χ0n) is 23.2. The predicted octanol–water partition coefficient (Wildman–Crippen LogP) is 5.02. The largest absolute Gasteiger partial charge is 0.438 e. The Morgan fingerprint density at radius 2 is 2.10 bits per heavy atom. The van der Waals surface area contributed by atoms with Crippen LogP contribution in [-0.2, 0) is 17.0 Å². The quantitative estimate of drug-likeness (QED) is 0.189. The molecule has 1 aliphatic heterocycles. The van der Waals surface area contributed by atoms with Gasteiger partial charge in [0.2, 0.25) is 5.89 Å². The van der Waals surface area contributed by atoms with E-state index in [1.807, 2.05) is 52.0 Å². The van der Waals surface area contributed by atoms with Crippen LogP contribution in [0.15, 0.2) is 59.7 Å². The van der Waals surface area contributed by atoms with Crippen LogP contribution in [0.1, 0.15) is 18.7 Å². The molecule has 2 unspecified atom stereocenters. The molecule has 11 heteroatoms. The van der Waals surface area contributed by atoms with Crippen molar-refractivity contribution in [3.8, 4) is 17.3 Å². The van der Waals surface area contributed by atoms with Crippen molar-refractivity contribution in [1.29, 1.82) is 5.26 Å². The van der Waals surface area contributed by atoms with E-state index >= 15 is 0 Å². The highest BCUT2D eigenvalue weighted by atomic mass is 28.3. The molecule has 0 amide bonds. The number of hydrogen-bond donors (Lipinski definition) is 1. The predicted molar refractivity (Wildman–Crippen MR) is 155 cm³/mol. The topological polar surface area (TPSA) is 120 Å². The van der Waals surface area contributed by atoms with Crippen LogP contribution in [0, 0.1) is 17.2 Å². The summed E-state index contributed by atoms with van der Waals surface area (Å²) in [6, 6.07) is 13.3. The number of nitrogens with one attached hydrogen (secondary N) is 1. The monoisotopic (exact) mass is 554 g/mol. The van der Waals surface area contributed by atoms with Crippen molar-refractivity contribution in [2.75, 3.05) is 19.7 Å². The highest BCUT2D eigenvalue weighted by Crippen LogP contribution is 2.42. The minimum absolute atomic E-state index is 0.0766. The Balaban J connectivity index is 1.37. The molecule has 1 aliphatic rings. The molecule has 1 fully saturated rings. The Morgan fingerprint density at radius 3 is 2.88 bits per heavy atom. The Labute approximate surface area is 234 Å². The third-order valence-electron chi connectivity index (χ3n) is 7.80. The molecular weight excluding hydrogens is 520 g/mol. The minimum Gasteiger partial charge on any atom is -0.438 e. The lowest BCUT2D eigenvalue weighted by Crippen LogP contribution is -2.44. The summed E-state index contributed by atoms with van der Waals surface area (Å²) < 4.78 is 16.2. The molecule has 10 nitrogen and oxygen atoms in total. The zero-order valence-corrected chi connectivity index (χ0v) is 24.2. The van der Waals surface area contributed by atoms with E-state index in [1.54, 1.807) is 12.5 Å². The molecule has 0 spiro atoms. The molecule has 2 atom stereocenters. The lowest BCUT2D eigenvalue weighted by Gasteiger charge is -2.34. The Kier molecular flexibility index (Phi) is 7.00. The third kappa shape index (κ3) is 4.83. The number of hydrogen-bond acceptors (Lipinski definition) is 8. The maximum absolute atomic E-state index is 10.0. The third-order valence-corrected chi connectivity index (χ3v) is 9.50. The van der Waals surface area contributed by atoms with Gasteiger partial charge in [-0.1, -0.05) is 31.8 Å². The molecule has 1 aromatic carbocycles.